The third kappa shape index (κ3) is 7.57. The van der Waals surface area contributed by atoms with Gasteiger partial charge in [-0.25, -0.2) is 4.79 Å². The minimum Gasteiger partial charge on any atom is -0.459 e. The lowest BCUT2D eigenvalue weighted by molar-refractivity contribution is -0.137. The van der Waals surface area contributed by atoms with Gasteiger partial charge in [-0.2, -0.15) is 0 Å². The molecule has 6 nitrogen and oxygen atoms in total. The first-order valence-corrected chi connectivity index (χ1v) is 12.4. The van der Waals surface area contributed by atoms with E-state index in [4.69, 9.17) is 9.57 Å². The Morgan fingerprint density at radius 3 is 2.68 bits per heavy atom. The highest BCUT2D eigenvalue weighted by molar-refractivity contribution is 6.00. The lowest BCUT2D eigenvalue weighted by atomic mass is 9.94. The van der Waals surface area contributed by atoms with Gasteiger partial charge in [0.1, 0.15) is 6.10 Å². The van der Waals surface area contributed by atoms with Crippen molar-refractivity contribution in [1.82, 2.24) is 4.90 Å². The molecule has 3 rings (SSSR count). The number of carbonyl (C=O) groups excluding carboxylic acids is 2. The van der Waals surface area contributed by atoms with Crippen molar-refractivity contribution in [1.29, 1.82) is 0 Å². The second kappa shape index (κ2) is 12.5. The number of likely N-dealkylation sites (tertiary alicyclic amines) is 1. The predicted molar refractivity (Wildman–Crippen MR) is 135 cm³/mol. The van der Waals surface area contributed by atoms with Crippen LogP contribution in [-0.4, -0.2) is 48.3 Å². The third-order valence-corrected chi connectivity index (χ3v) is 6.28. The molecule has 0 aliphatic carbocycles. The van der Waals surface area contributed by atoms with Crippen LogP contribution in [0.15, 0.2) is 41.1 Å². The lowest BCUT2D eigenvalue weighted by Crippen LogP contribution is -2.37. The van der Waals surface area contributed by atoms with Crippen molar-refractivity contribution in [2.75, 3.05) is 19.7 Å². The van der Waals surface area contributed by atoms with Gasteiger partial charge in [-0.15, -0.1) is 0 Å². The van der Waals surface area contributed by atoms with Crippen LogP contribution in [0.4, 0.5) is 0 Å². The average molecular weight is 467 g/mol. The molecule has 0 spiro atoms. The van der Waals surface area contributed by atoms with Crippen molar-refractivity contribution in [3.63, 3.8) is 0 Å². The Morgan fingerprint density at radius 1 is 1.15 bits per heavy atom. The Morgan fingerprint density at radius 2 is 1.91 bits per heavy atom. The molecule has 0 radical (unpaired) electrons. The van der Waals surface area contributed by atoms with E-state index in [2.05, 4.69) is 24.2 Å². The quantitative estimate of drug-likeness (QED) is 0.337. The summed E-state index contributed by atoms with van der Waals surface area (Å²) >= 11 is 0. The summed E-state index contributed by atoms with van der Waals surface area (Å²) in [7, 11) is 0. The van der Waals surface area contributed by atoms with E-state index in [0.29, 0.717) is 24.1 Å². The van der Waals surface area contributed by atoms with Crippen LogP contribution in [0, 0.1) is 13.8 Å². The number of ether oxygens (including phenoxy) is 1. The standard InChI is InChI=1S/C28H38N2O4/c1-20-11-7-5-8-12-23(4)34-28(32)27-22(3)15-21(2)16-24(27)18-25(17-20)29-33-19-26(31)30-13-9-6-10-14-30/h5,8,15-17,23H,6-7,9-14,18-19H2,1-4H3/b8-5+,20-17+,29-25+/t23-/m1/s1. The molecule has 1 saturated heterocycles. The van der Waals surface area contributed by atoms with Crippen LogP contribution >= 0.6 is 0 Å². The maximum Gasteiger partial charge on any atom is 0.338 e. The van der Waals surface area contributed by atoms with E-state index in [1.807, 2.05) is 43.9 Å². The van der Waals surface area contributed by atoms with E-state index in [0.717, 1.165) is 55.5 Å². The Balaban J connectivity index is 1.88. The van der Waals surface area contributed by atoms with Crippen LogP contribution in [-0.2, 0) is 20.8 Å². The summed E-state index contributed by atoms with van der Waals surface area (Å²) in [5.41, 5.74) is 5.27. The number of hydrogen-bond acceptors (Lipinski definition) is 5. The van der Waals surface area contributed by atoms with E-state index in [-0.39, 0.29) is 24.6 Å². The Kier molecular flexibility index (Phi) is 9.49. The van der Waals surface area contributed by atoms with E-state index >= 15 is 0 Å². The van der Waals surface area contributed by atoms with Gasteiger partial charge in [0.05, 0.1) is 11.3 Å². The number of fused-ring (bicyclic) bond motifs is 1. The number of aryl methyl sites for hydroxylation is 2. The number of rotatable bonds is 3. The minimum absolute atomic E-state index is 0.0274. The van der Waals surface area contributed by atoms with Crippen molar-refractivity contribution >= 4 is 17.6 Å². The molecule has 0 N–H and O–H groups in total. The number of piperidine rings is 1. The number of esters is 1. The molecular formula is C28H38N2O4. The summed E-state index contributed by atoms with van der Waals surface area (Å²) in [5, 5.41) is 4.36. The molecule has 1 aromatic carbocycles. The normalized spacial score (nSPS) is 23.8. The number of benzene rings is 1. The Labute approximate surface area is 203 Å². The van der Waals surface area contributed by atoms with Gasteiger partial charge in [0.25, 0.3) is 5.91 Å². The fraction of sp³-hybridized carbons (Fsp3) is 0.536. The number of carbonyl (C=O) groups is 2. The number of cyclic esters (lactones) is 1. The zero-order valence-corrected chi connectivity index (χ0v) is 21.1. The van der Waals surface area contributed by atoms with E-state index < -0.39 is 0 Å². The summed E-state index contributed by atoms with van der Waals surface area (Å²) in [6.45, 7) is 9.46. The van der Waals surface area contributed by atoms with Crippen molar-refractivity contribution < 1.29 is 19.2 Å². The van der Waals surface area contributed by atoms with Crippen molar-refractivity contribution in [3.8, 4) is 0 Å². The zero-order valence-electron chi connectivity index (χ0n) is 21.1. The lowest BCUT2D eigenvalue weighted by Gasteiger charge is -2.26. The highest BCUT2D eigenvalue weighted by Gasteiger charge is 2.21. The topological polar surface area (TPSA) is 68.2 Å². The molecular weight excluding hydrogens is 428 g/mol. The van der Waals surface area contributed by atoms with Gasteiger partial charge in [-0.3, -0.25) is 4.79 Å². The first-order valence-electron chi connectivity index (χ1n) is 12.4. The number of amides is 1. The molecule has 1 amide bonds. The summed E-state index contributed by atoms with van der Waals surface area (Å²) in [4.78, 5) is 33.0. The Hall–Kier alpha value is -2.89. The maximum absolute atomic E-state index is 13.1. The highest BCUT2D eigenvalue weighted by atomic mass is 16.6. The molecule has 2 aliphatic rings. The van der Waals surface area contributed by atoms with Gasteiger partial charge in [0, 0.05) is 25.9 Å². The van der Waals surface area contributed by atoms with Crippen LogP contribution in [0.3, 0.4) is 0 Å². The van der Waals surface area contributed by atoms with Gasteiger partial charge < -0.3 is 14.5 Å². The molecule has 1 aromatic rings. The van der Waals surface area contributed by atoms with Gasteiger partial charge in [0.2, 0.25) is 0 Å². The largest absolute Gasteiger partial charge is 0.459 e. The van der Waals surface area contributed by atoms with E-state index in [1.54, 1.807) is 0 Å². The average Bonchev–Trinajstić information content (AvgIpc) is 2.78. The Bertz CT molecular complexity index is 971. The van der Waals surface area contributed by atoms with E-state index in [1.165, 1.54) is 12.0 Å². The second-order valence-corrected chi connectivity index (χ2v) is 9.54. The van der Waals surface area contributed by atoms with Crippen LogP contribution < -0.4 is 0 Å². The van der Waals surface area contributed by atoms with Crippen LogP contribution in [0.2, 0.25) is 0 Å². The monoisotopic (exact) mass is 466 g/mol. The van der Waals surface area contributed by atoms with Crippen molar-refractivity contribution in [2.45, 2.75) is 78.7 Å². The molecule has 34 heavy (non-hydrogen) atoms. The summed E-state index contributed by atoms with van der Waals surface area (Å²) in [6, 6.07) is 4.01. The van der Waals surface area contributed by atoms with E-state index in [9.17, 15) is 9.59 Å². The van der Waals surface area contributed by atoms with Crippen LogP contribution in [0.5, 0.6) is 0 Å². The zero-order chi connectivity index (χ0) is 24.5. The maximum atomic E-state index is 13.1. The molecule has 2 heterocycles. The number of allylic oxidation sites excluding steroid dienone is 3. The first-order chi connectivity index (χ1) is 16.3. The molecule has 1 fully saturated rings. The first kappa shape index (κ1) is 25.7. The third-order valence-electron chi connectivity index (χ3n) is 6.28. The molecule has 0 bridgehead atoms. The fourth-order valence-electron chi connectivity index (χ4n) is 4.56. The van der Waals surface area contributed by atoms with Gasteiger partial charge in [-0.05, 0) is 77.0 Å². The summed E-state index contributed by atoms with van der Waals surface area (Å²) in [6.07, 6.45) is 12.2. The number of nitrogens with zero attached hydrogens (tertiary/aromatic N) is 2. The van der Waals surface area contributed by atoms with Crippen molar-refractivity contribution in [3.05, 3.63) is 58.2 Å². The minimum atomic E-state index is -0.313. The van der Waals surface area contributed by atoms with Crippen molar-refractivity contribution in [2.24, 2.45) is 5.16 Å². The molecule has 184 valence electrons. The summed E-state index contributed by atoms with van der Waals surface area (Å²) in [5.74, 6) is -0.341. The number of hydrogen-bond donors (Lipinski definition) is 0. The van der Waals surface area contributed by atoms with Crippen LogP contribution in [0.25, 0.3) is 0 Å². The molecule has 2 aliphatic heterocycles. The van der Waals surface area contributed by atoms with Gasteiger partial charge >= 0.3 is 5.97 Å². The molecule has 0 unspecified atom stereocenters. The molecule has 6 heteroatoms. The predicted octanol–water partition coefficient (Wildman–Crippen LogP) is 5.46. The van der Waals surface area contributed by atoms with Gasteiger partial charge in [0.15, 0.2) is 6.61 Å². The highest BCUT2D eigenvalue weighted by Crippen LogP contribution is 2.22. The second-order valence-electron chi connectivity index (χ2n) is 9.54. The summed E-state index contributed by atoms with van der Waals surface area (Å²) < 4.78 is 5.75. The number of oxime groups is 1. The smallest absolute Gasteiger partial charge is 0.338 e. The molecule has 0 saturated carbocycles. The molecule has 1 atom stereocenters. The molecule has 0 aromatic heterocycles. The fourth-order valence-corrected chi connectivity index (χ4v) is 4.56. The van der Waals surface area contributed by atoms with Gasteiger partial charge in [-0.1, -0.05) is 40.6 Å². The van der Waals surface area contributed by atoms with Crippen LogP contribution in [0.1, 0.15) is 79.4 Å². The SMILES string of the molecule is C/C1=C\C(=N/OCC(=O)N2CCCCC2)Cc2cc(C)cc(C)c2C(=O)O[C@H](C)C/C=C/CC1.